The van der Waals surface area contributed by atoms with E-state index in [4.69, 9.17) is 0 Å². The lowest BCUT2D eigenvalue weighted by Gasteiger charge is -2.22. The fraction of sp³-hybridized carbons (Fsp3) is 0.0476. The first-order chi connectivity index (χ1) is 23.1. The molecule has 0 saturated heterocycles. The molecule has 8 rings (SSSR count). The van der Waals surface area contributed by atoms with E-state index in [-0.39, 0.29) is 0 Å². The third-order valence-electron chi connectivity index (χ3n) is 9.07. The highest BCUT2D eigenvalue weighted by Gasteiger charge is 2.32. The van der Waals surface area contributed by atoms with Gasteiger partial charge in [-0.2, -0.15) is 26.3 Å². The van der Waals surface area contributed by atoms with Crippen LogP contribution < -0.4 is 0 Å². The first-order valence-electron chi connectivity index (χ1n) is 15.3. The zero-order valence-electron chi connectivity index (χ0n) is 25.1. The van der Waals surface area contributed by atoms with Crippen LogP contribution in [-0.4, -0.2) is 0 Å². The van der Waals surface area contributed by atoms with Gasteiger partial charge in [-0.25, -0.2) is 0 Å². The predicted molar refractivity (Wildman–Crippen MR) is 183 cm³/mol. The molecule has 0 aliphatic rings. The first-order valence-corrected chi connectivity index (χ1v) is 15.3. The standard InChI is InChI=1S/C42H24F6/c43-41(44,45)27-13-9-11-25(23-27)37-29-15-1-5-19-33(29)39(34-20-6-2-16-30(34)37)40-35-21-7-3-17-31(35)38(32-18-4-8-22-36(32)40)26-12-10-14-28(24-26)42(46,47)48/h1-24H. The maximum Gasteiger partial charge on any atom is 0.416 e. The topological polar surface area (TPSA) is 0 Å². The van der Waals surface area contributed by atoms with Crippen LogP contribution in [0.5, 0.6) is 0 Å². The lowest BCUT2D eigenvalue weighted by Crippen LogP contribution is -2.04. The molecule has 0 bridgehead atoms. The van der Waals surface area contributed by atoms with Gasteiger partial charge in [0.05, 0.1) is 11.1 Å². The lowest BCUT2D eigenvalue weighted by atomic mass is 9.81. The number of rotatable bonds is 3. The monoisotopic (exact) mass is 642 g/mol. The van der Waals surface area contributed by atoms with Gasteiger partial charge in [-0.15, -0.1) is 0 Å². The second kappa shape index (κ2) is 11.0. The summed E-state index contributed by atoms with van der Waals surface area (Å²) in [6, 6.07) is 41.7. The Kier molecular flexibility index (Phi) is 6.81. The largest absolute Gasteiger partial charge is 0.416 e. The molecular formula is C42H24F6. The van der Waals surface area contributed by atoms with Gasteiger partial charge in [0.2, 0.25) is 0 Å². The van der Waals surface area contributed by atoms with E-state index in [9.17, 15) is 26.3 Å². The Hall–Kier alpha value is -5.62. The molecule has 8 aromatic rings. The Morgan fingerprint density at radius 2 is 0.521 bits per heavy atom. The van der Waals surface area contributed by atoms with E-state index >= 15 is 0 Å². The predicted octanol–water partition coefficient (Wildman–Crippen LogP) is 13.3. The maximum atomic E-state index is 13.9. The van der Waals surface area contributed by atoms with Crippen molar-refractivity contribution in [3.05, 3.63) is 157 Å². The van der Waals surface area contributed by atoms with E-state index in [0.717, 1.165) is 66.3 Å². The van der Waals surface area contributed by atoms with Crippen LogP contribution in [0.4, 0.5) is 26.3 Å². The van der Waals surface area contributed by atoms with E-state index in [1.54, 1.807) is 12.1 Å². The number of alkyl halides is 6. The SMILES string of the molecule is FC(F)(F)c1cccc(-c2c3ccccc3c(-c3c4ccccc4c(-c4cccc(C(F)(F)F)c4)c4ccccc34)c3ccccc23)c1. The smallest absolute Gasteiger partial charge is 0.166 e. The van der Waals surface area contributed by atoms with Crippen molar-refractivity contribution >= 4 is 43.1 Å². The van der Waals surface area contributed by atoms with Crippen LogP contribution in [0.3, 0.4) is 0 Å². The van der Waals surface area contributed by atoms with Gasteiger partial charge < -0.3 is 0 Å². The van der Waals surface area contributed by atoms with Crippen molar-refractivity contribution in [2.45, 2.75) is 12.4 Å². The molecule has 0 atom stereocenters. The van der Waals surface area contributed by atoms with Crippen LogP contribution in [-0.2, 0) is 12.4 Å². The molecular weight excluding hydrogens is 618 g/mol. The summed E-state index contributed by atoms with van der Waals surface area (Å²) in [5.41, 5.74) is 2.67. The minimum absolute atomic E-state index is 0.457. The van der Waals surface area contributed by atoms with Gasteiger partial charge in [-0.05, 0) is 101 Å². The third kappa shape index (κ3) is 4.79. The molecule has 0 N–H and O–H groups in total. The highest BCUT2D eigenvalue weighted by Crippen LogP contribution is 2.50. The van der Waals surface area contributed by atoms with E-state index in [0.29, 0.717) is 22.3 Å². The Bertz CT molecular complexity index is 2250. The molecule has 0 amide bonds. The molecule has 0 fully saturated rings. The molecule has 8 aromatic carbocycles. The molecule has 0 radical (unpaired) electrons. The van der Waals surface area contributed by atoms with Crippen LogP contribution in [0.25, 0.3) is 76.5 Å². The summed E-state index contributed by atoms with van der Waals surface area (Å²) < 4.78 is 83.2. The van der Waals surface area contributed by atoms with E-state index in [1.807, 2.05) is 97.1 Å². The molecule has 0 aliphatic carbocycles. The van der Waals surface area contributed by atoms with Crippen LogP contribution in [0.1, 0.15) is 11.1 Å². The zero-order chi connectivity index (χ0) is 33.2. The molecule has 234 valence electrons. The summed E-state index contributed by atoms with van der Waals surface area (Å²) in [5.74, 6) is 0. The normalized spacial score (nSPS) is 12.4. The summed E-state index contributed by atoms with van der Waals surface area (Å²) in [4.78, 5) is 0. The summed E-state index contributed by atoms with van der Waals surface area (Å²) >= 11 is 0. The minimum Gasteiger partial charge on any atom is -0.166 e. The number of halogens is 6. The molecule has 0 saturated carbocycles. The molecule has 0 heterocycles. The summed E-state index contributed by atoms with van der Waals surface area (Å²) in [7, 11) is 0. The fourth-order valence-electron chi connectivity index (χ4n) is 7.12. The second-order valence-corrected chi connectivity index (χ2v) is 11.8. The van der Waals surface area contributed by atoms with E-state index in [2.05, 4.69) is 0 Å². The second-order valence-electron chi connectivity index (χ2n) is 11.8. The Balaban J connectivity index is 1.53. The lowest BCUT2D eigenvalue weighted by molar-refractivity contribution is -0.138. The fourth-order valence-corrected chi connectivity index (χ4v) is 7.12. The van der Waals surface area contributed by atoms with Crippen LogP contribution in [0.2, 0.25) is 0 Å². The van der Waals surface area contributed by atoms with Crippen LogP contribution >= 0.6 is 0 Å². The first kappa shape index (κ1) is 29.8. The number of fused-ring (bicyclic) bond motifs is 4. The highest BCUT2D eigenvalue weighted by atomic mass is 19.4. The quantitative estimate of drug-likeness (QED) is 0.133. The van der Waals surface area contributed by atoms with Crippen molar-refractivity contribution in [3.63, 3.8) is 0 Å². The van der Waals surface area contributed by atoms with E-state index in [1.165, 1.54) is 24.3 Å². The van der Waals surface area contributed by atoms with Crippen molar-refractivity contribution in [1.29, 1.82) is 0 Å². The van der Waals surface area contributed by atoms with Gasteiger partial charge in [-0.1, -0.05) is 121 Å². The van der Waals surface area contributed by atoms with Crippen LogP contribution in [0.15, 0.2) is 146 Å². The molecule has 6 heteroatoms. The van der Waals surface area contributed by atoms with Gasteiger partial charge in [-0.3, -0.25) is 0 Å². The number of hydrogen-bond acceptors (Lipinski definition) is 0. The van der Waals surface area contributed by atoms with Gasteiger partial charge in [0.1, 0.15) is 0 Å². The average Bonchev–Trinajstić information content (AvgIpc) is 3.09. The summed E-state index contributed by atoms with van der Waals surface area (Å²) in [6.45, 7) is 0. The molecule has 0 unspecified atom stereocenters. The molecule has 48 heavy (non-hydrogen) atoms. The van der Waals surface area contributed by atoms with Crippen LogP contribution in [0, 0.1) is 0 Å². The Morgan fingerprint density at radius 3 is 0.771 bits per heavy atom. The van der Waals surface area contributed by atoms with Gasteiger partial charge in [0, 0.05) is 0 Å². The van der Waals surface area contributed by atoms with Crippen molar-refractivity contribution in [2.75, 3.05) is 0 Å². The minimum atomic E-state index is -4.50. The third-order valence-corrected chi connectivity index (χ3v) is 9.07. The zero-order valence-corrected chi connectivity index (χ0v) is 25.1. The van der Waals surface area contributed by atoms with Crippen molar-refractivity contribution < 1.29 is 26.3 Å². The van der Waals surface area contributed by atoms with Crippen molar-refractivity contribution in [3.8, 4) is 33.4 Å². The number of hydrogen-bond donors (Lipinski definition) is 0. The summed E-state index contributed by atoms with van der Waals surface area (Å²) in [5, 5.41) is 6.58. The molecule has 0 nitrogen and oxygen atoms in total. The molecule has 0 aliphatic heterocycles. The van der Waals surface area contributed by atoms with Gasteiger partial charge >= 0.3 is 12.4 Å². The van der Waals surface area contributed by atoms with Crippen molar-refractivity contribution in [1.82, 2.24) is 0 Å². The van der Waals surface area contributed by atoms with Crippen molar-refractivity contribution in [2.24, 2.45) is 0 Å². The Labute approximate surface area is 271 Å². The molecule has 0 aromatic heterocycles. The van der Waals surface area contributed by atoms with Gasteiger partial charge in [0.15, 0.2) is 0 Å². The molecule has 0 spiro atoms. The number of benzene rings is 8. The highest BCUT2D eigenvalue weighted by molar-refractivity contribution is 6.29. The Morgan fingerprint density at radius 1 is 0.271 bits per heavy atom. The summed E-state index contributed by atoms with van der Waals surface area (Å²) in [6.07, 6.45) is -9.00. The van der Waals surface area contributed by atoms with Gasteiger partial charge in [0.25, 0.3) is 0 Å². The maximum absolute atomic E-state index is 13.9. The van der Waals surface area contributed by atoms with E-state index < -0.39 is 23.5 Å². The average molecular weight is 643 g/mol.